The zero-order chi connectivity index (χ0) is 14.2. The second-order valence-corrected chi connectivity index (χ2v) is 5.89. The summed E-state index contributed by atoms with van der Waals surface area (Å²) in [6, 6.07) is 12.7. The van der Waals surface area contributed by atoms with Gasteiger partial charge in [0.1, 0.15) is 11.9 Å². The smallest absolute Gasteiger partial charge is 0.134 e. The molecule has 1 N–H and O–H groups in total. The molecule has 1 aromatic carbocycles. The van der Waals surface area contributed by atoms with Crippen molar-refractivity contribution >= 4 is 11.3 Å². The van der Waals surface area contributed by atoms with Gasteiger partial charge in [-0.1, -0.05) is 31.5 Å². The fourth-order valence-corrected chi connectivity index (χ4v) is 3.03. The molecule has 3 heteroatoms. The van der Waals surface area contributed by atoms with Crippen LogP contribution in [0.25, 0.3) is 0 Å². The summed E-state index contributed by atoms with van der Waals surface area (Å²) < 4.78 is 6.22. The molecule has 0 bridgehead atoms. The maximum absolute atomic E-state index is 6.22. The lowest BCUT2D eigenvalue weighted by molar-refractivity contribution is 0.198. The van der Waals surface area contributed by atoms with Gasteiger partial charge in [0.2, 0.25) is 0 Å². The zero-order valence-corrected chi connectivity index (χ0v) is 13.1. The van der Waals surface area contributed by atoms with Crippen molar-refractivity contribution < 1.29 is 4.74 Å². The van der Waals surface area contributed by atoms with Crippen molar-refractivity contribution in [2.24, 2.45) is 0 Å². The molecule has 0 saturated heterocycles. The standard InChI is InChI=1S/C17H23NOS/c1-3-6-14-7-4-8-15(13-14)19-16(10-11-18-2)17-9-5-12-20-17/h4-5,7-9,12-13,16,18H,3,6,10-11H2,1-2H3. The quantitative estimate of drug-likeness (QED) is 0.776. The van der Waals surface area contributed by atoms with Gasteiger partial charge in [-0.05, 0) is 49.2 Å². The Bertz CT molecular complexity index is 495. The third-order valence-corrected chi connectivity index (χ3v) is 4.20. The highest BCUT2D eigenvalue weighted by Crippen LogP contribution is 2.28. The van der Waals surface area contributed by atoms with E-state index in [2.05, 4.69) is 54.0 Å². The van der Waals surface area contributed by atoms with E-state index < -0.39 is 0 Å². The Morgan fingerprint density at radius 1 is 1.25 bits per heavy atom. The van der Waals surface area contributed by atoms with E-state index in [4.69, 9.17) is 4.74 Å². The molecular weight excluding hydrogens is 266 g/mol. The fraction of sp³-hybridized carbons (Fsp3) is 0.412. The summed E-state index contributed by atoms with van der Waals surface area (Å²) in [6.07, 6.45) is 3.39. The summed E-state index contributed by atoms with van der Waals surface area (Å²) in [7, 11) is 1.98. The first-order chi connectivity index (χ1) is 9.83. The van der Waals surface area contributed by atoms with Crippen LogP contribution in [0.4, 0.5) is 0 Å². The number of hydrogen-bond donors (Lipinski definition) is 1. The fourth-order valence-electron chi connectivity index (χ4n) is 2.24. The number of hydrogen-bond acceptors (Lipinski definition) is 3. The third-order valence-electron chi connectivity index (χ3n) is 3.23. The summed E-state index contributed by atoms with van der Waals surface area (Å²) in [6.45, 7) is 3.16. The Hall–Kier alpha value is -1.32. The molecule has 0 saturated carbocycles. The number of rotatable bonds is 8. The van der Waals surface area contributed by atoms with E-state index in [-0.39, 0.29) is 6.10 Å². The van der Waals surface area contributed by atoms with Gasteiger partial charge in [0.05, 0.1) is 0 Å². The third kappa shape index (κ3) is 4.36. The molecule has 0 amide bonds. The van der Waals surface area contributed by atoms with Gasteiger partial charge in [0.25, 0.3) is 0 Å². The van der Waals surface area contributed by atoms with Crippen LogP contribution >= 0.6 is 11.3 Å². The number of ether oxygens (including phenoxy) is 1. The molecule has 108 valence electrons. The van der Waals surface area contributed by atoms with E-state index in [9.17, 15) is 0 Å². The zero-order valence-electron chi connectivity index (χ0n) is 12.3. The van der Waals surface area contributed by atoms with Gasteiger partial charge < -0.3 is 10.1 Å². The maximum Gasteiger partial charge on any atom is 0.134 e. The highest BCUT2D eigenvalue weighted by molar-refractivity contribution is 7.10. The van der Waals surface area contributed by atoms with E-state index in [1.54, 1.807) is 11.3 Å². The molecule has 20 heavy (non-hydrogen) atoms. The maximum atomic E-state index is 6.22. The van der Waals surface area contributed by atoms with Crippen LogP contribution in [-0.4, -0.2) is 13.6 Å². The minimum absolute atomic E-state index is 0.138. The first kappa shape index (κ1) is 15.1. The molecular formula is C17H23NOS. The van der Waals surface area contributed by atoms with Crippen LogP contribution in [0.15, 0.2) is 41.8 Å². The van der Waals surface area contributed by atoms with Crippen molar-refractivity contribution in [2.75, 3.05) is 13.6 Å². The molecule has 1 aromatic heterocycles. The van der Waals surface area contributed by atoms with Crippen LogP contribution in [0.2, 0.25) is 0 Å². The SMILES string of the molecule is CCCc1cccc(OC(CCNC)c2cccs2)c1. The topological polar surface area (TPSA) is 21.3 Å². The second kappa shape index (κ2) is 8.08. The molecule has 1 heterocycles. The van der Waals surface area contributed by atoms with Crippen LogP contribution in [0.1, 0.15) is 36.3 Å². The molecule has 0 fully saturated rings. The van der Waals surface area contributed by atoms with Crippen LogP contribution in [-0.2, 0) is 6.42 Å². The Labute approximate surface area is 125 Å². The lowest BCUT2D eigenvalue weighted by atomic mass is 10.1. The number of thiophene rings is 1. The van der Waals surface area contributed by atoms with Gasteiger partial charge >= 0.3 is 0 Å². The molecule has 1 atom stereocenters. The van der Waals surface area contributed by atoms with Crippen LogP contribution < -0.4 is 10.1 Å². The van der Waals surface area contributed by atoms with E-state index in [0.29, 0.717) is 0 Å². The van der Waals surface area contributed by atoms with Gasteiger partial charge in [-0.3, -0.25) is 0 Å². The lowest BCUT2D eigenvalue weighted by Crippen LogP contribution is -2.15. The van der Waals surface area contributed by atoms with Crippen molar-refractivity contribution in [3.05, 3.63) is 52.2 Å². The lowest BCUT2D eigenvalue weighted by Gasteiger charge is -2.18. The van der Waals surface area contributed by atoms with Gasteiger partial charge in [-0.25, -0.2) is 0 Å². The number of benzene rings is 1. The molecule has 0 aliphatic rings. The molecule has 2 aromatic rings. The number of aryl methyl sites for hydroxylation is 1. The average Bonchev–Trinajstić information content (AvgIpc) is 2.98. The Morgan fingerprint density at radius 2 is 2.15 bits per heavy atom. The van der Waals surface area contributed by atoms with Crippen molar-refractivity contribution in [2.45, 2.75) is 32.3 Å². The molecule has 1 unspecified atom stereocenters. The van der Waals surface area contributed by atoms with Gasteiger partial charge in [0, 0.05) is 11.3 Å². The summed E-state index contributed by atoms with van der Waals surface area (Å²) >= 11 is 1.76. The van der Waals surface area contributed by atoms with Gasteiger partial charge in [-0.15, -0.1) is 11.3 Å². The Kier molecular flexibility index (Phi) is 6.09. The molecule has 0 aliphatic carbocycles. The van der Waals surface area contributed by atoms with Crippen LogP contribution in [0.3, 0.4) is 0 Å². The van der Waals surface area contributed by atoms with E-state index in [1.165, 1.54) is 10.4 Å². The highest BCUT2D eigenvalue weighted by atomic mass is 32.1. The molecule has 0 aliphatic heterocycles. The van der Waals surface area contributed by atoms with Gasteiger partial charge in [-0.2, -0.15) is 0 Å². The Morgan fingerprint density at radius 3 is 2.85 bits per heavy atom. The monoisotopic (exact) mass is 289 g/mol. The van der Waals surface area contributed by atoms with Crippen molar-refractivity contribution in [3.63, 3.8) is 0 Å². The summed E-state index contributed by atoms with van der Waals surface area (Å²) in [5, 5.41) is 5.31. The van der Waals surface area contributed by atoms with E-state index >= 15 is 0 Å². The average molecular weight is 289 g/mol. The van der Waals surface area contributed by atoms with Gasteiger partial charge in [0.15, 0.2) is 0 Å². The molecule has 0 spiro atoms. The van der Waals surface area contributed by atoms with Crippen molar-refractivity contribution in [3.8, 4) is 5.75 Å². The summed E-state index contributed by atoms with van der Waals surface area (Å²) in [5.74, 6) is 0.977. The first-order valence-corrected chi connectivity index (χ1v) is 8.15. The predicted octanol–water partition coefficient (Wildman–Crippen LogP) is 4.43. The minimum atomic E-state index is 0.138. The second-order valence-electron chi connectivity index (χ2n) is 4.91. The van der Waals surface area contributed by atoms with Crippen molar-refractivity contribution in [1.82, 2.24) is 5.32 Å². The molecule has 2 nitrogen and oxygen atoms in total. The predicted molar refractivity (Wildman–Crippen MR) is 86.7 cm³/mol. The van der Waals surface area contributed by atoms with E-state index in [0.717, 1.165) is 31.6 Å². The Balaban J connectivity index is 2.08. The van der Waals surface area contributed by atoms with E-state index in [1.807, 2.05) is 7.05 Å². The normalized spacial score (nSPS) is 12.3. The van der Waals surface area contributed by atoms with Crippen LogP contribution in [0, 0.1) is 0 Å². The number of nitrogens with one attached hydrogen (secondary N) is 1. The van der Waals surface area contributed by atoms with Crippen molar-refractivity contribution in [1.29, 1.82) is 0 Å². The molecule has 0 radical (unpaired) electrons. The molecule has 2 rings (SSSR count). The largest absolute Gasteiger partial charge is 0.485 e. The summed E-state index contributed by atoms with van der Waals surface area (Å²) in [5.41, 5.74) is 1.35. The summed E-state index contributed by atoms with van der Waals surface area (Å²) in [4.78, 5) is 1.29. The minimum Gasteiger partial charge on any atom is -0.485 e. The first-order valence-electron chi connectivity index (χ1n) is 7.27. The highest BCUT2D eigenvalue weighted by Gasteiger charge is 2.14. The van der Waals surface area contributed by atoms with Crippen LogP contribution in [0.5, 0.6) is 5.75 Å².